The number of hydrogen-bond donors (Lipinski definition) is 2. The second-order valence-corrected chi connectivity index (χ2v) is 5.11. The zero-order valence-corrected chi connectivity index (χ0v) is 12.3. The normalized spacial score (nSPS) is 10.9. The lowest BCUT2D eigenvalue weighted by Gasteiger charge is -2.03. The molecule has 3 heterocycles. The standard InChI is InChI=1S/C17H11FN4O2/c18-11-4-1-3-10(9-11)15-16-12(21-22-15)6-7-14(19-16)20-17(23)13-5-2-8-24-13/h1-9H,(H,21,22)(H,19,20,23). The molecule has 118 valence electrons. The molecular weight excluding hydrogens is 311 g/mol. The van der Waals surface area contributed by atoms with E-state index < -0.39 is 5.91 Å². The lowest BCUT2D eigenvalue weighted by Crippen LogP contribution is -2.11. The van der Waals surface area contributed by atoms with Crippen molar-refractivity contribution in [2.24, 2.45) is 0 Å². The SMILES string of the molecule is O=C(Nc1ccc2[nH]nc(-c3cccc(F)c3)c2n1)c1ccco1. The van der Waals surface area contributed by atoms with Crippen molar-refractivity contribution in [3.05, 3.63) is 66.4 Å². The number of fused-ring (bicyclic) bond motifs is 1. The summed E-state index contributed by atoms with van der Waals surface area (Å²) in [5, 5.41) is 9.70. The summed E-state index contributed by atoms with van der Waals surface area (Å²) >= 11 is 0. The van der Waals surface area contributed by atoms with Gasteiger partial charge in [-0.05, 0) is 36.4 Å². The first-order valence-corrected chi connectivity index (χ1v) is 7.16. The molecule has 1 aromatic carbocycles. The number of nitrogens with zero attached hydrogens (tertiary/aromatic N) is 2. The number of furan rings is 1. The summed E-state index contributed by atoms with van der Waals surface area (Å²) in [6, 6.07) is 12.7. The molecule has 3 aromatic heterocycles. The Balaban J connectivity index is 1.72. The number of rotatable bonds is 3. The van der Waals surface area contributed by atoms with Gasteiger partial charge in [0.2, 0.25) is 0 Å². The maximum Gasteiger partial charge on any atom is 0.292 e. The third-order valence-electron chi connectivity index (χ3n) is 3.49. The molecule has 2 N–H and O–H groups in total. The molecule has 1 amide bonds. The van der Waals surface area contributed by atoms with Gasteiger partial charge in [0.1, 0.15) is 22.8 Å². The van der Waals surface area contributed by atoms with Crippen LogP contribution in [-0.2, 0) is 0 Å². The summed E-state index contributed by atoms with van der Waals surface area (Å²) in [6.45, 7) is 0. The number of H-pyrrole nitrogens is 1. The predicted molar refractivity (Wildman–Crippen MR) is 85.9 cm³/mol. The van der Waals surface area contributed by atoms with Crippen LogP contribution in [0.1, 0.15) is 10.6 Å². The highest BCUT2D eigenvalue weighted by Gasteiger charge is 2.13. The molecule has 4 rings (SSSR count). The Labute approximate surface area is 135 Å². The summed E-state index contributed by atoms with van der Waals surface area (Å²) in [5.41, 5.74) is 2.34. The summed E-state index contributed by atoms with van der Waals surface area (Å²) in [6.07, 6.45) is 1.42. The Morgan fingerprint density at radius 2 is 2.08 bits per heavy atom. The van der Waals surface area contributed by atoms with Gasteiger partial charge in [-0.25, -0.2) is 9.37 Å². The van der Waals surface area contributed by atoms with Gasteiger partial charge in [-0.3, -0.25) is 9.89 Å². The van der Waals surface area contributed by atoms with Crippen molar-refractivity contribution in [2.75, 3.05) is 5.32 Å². The second-order valence-electron chi connectivity index (χ2n) is 5.11. The van der Waals surface area contributed by atoms with E-state index in [4.69, 9.17) is 4.42 Å². The quantitative estimate of drug-likeness (QED) is 0.603. The summed E-state index contributed by atoms with van der Waals surface area (Å²) in [7, 11) is 0. The molecule has 4 aromatic rings. The number of hydrogen-bond acceptors (Lipinski definition) is 4. The van der Waals surface area contributed by atoms with Crippen LogP contribution < -0.4 is 5.32 Å². The fraction of sp³-hybridized carbons (Fsp3) is 0. The maximum absolute atomic E-state index is 13.4. The molecule has 0 aliphatic heterocycles. The number of pyridine rings is 1. The van der Waals surface area contributed by atoms with E-state index in [0.29, 0.717) is 28.1 Å². The molecule has 7 heteroatoms. The molecule has 24 heavy (non-hydrogen) atoms. The molecule has 6 nitrogen and oxygen atoms in total. The number of aromatic nitrogens is 3. The van der Waals surface area contributed by atoms with Gasteiger partial charge in [0.25, 0.3) is 5.91 Å². The van der Waals surface area contributed by atoms with Crippen molar-refractivity contribution in [3.63, 3.8) is 0 Å². The predicted octanol–water partition coefficient (Wildman–Crippen LogP) is 3.61. The van der Waals surface area contributed by atoms with Gasteiger partial charge >= 0.3 is 0 Å². The van der Waals surface area contributed by atoms with Gasteiger partial charge in [-0.15, -0.1) is 0 Å². The Bertz CT molecular complexity index is 1020. The van der Waals surface area contributed by atoms with E-state index in [1.807, 2.05) is 0 Å². The molecule has 0 radical (unpaired) electrons. The van der Waals surface area contributed by atoms with Crippen molar-refractivity contribution in [2.45, 2.75) is 0 Å². The first kappa shape index (κ1) is 14.1. The lowest BCUT2D eigenvalue weighted by atomic mass is 10.1. The van der Waals surface area contributed by atoms with E-state index in [1.54, 1.807) is 36.4 Å². The van der Waals surface area contributed by atoms with Crippen molar-refractivity contribution in [3.8, 4) is 11.3 Å². The Morgan fingerprint density at radius 1 is 1.17 bits per heavy atom. The molecule has 0 bridgehead atoms. The van der Waals surface area contributed by atoms with E-state index in [0.717, 1.165) is 0 Å². The number of carbonyl (C=O) groups excluding carboxylic acids is 1. The number of anilines is 1. The van der Waals surface area contributed by atoms with Crippen LogP contribution >= 0.6 is 0 Å². The number of amides is 1. The van der Waals surface area contributed by atoms with Crippen molar-refractivity contribution < 1.29 is 13.6 Å². The Morgan fingerprint density at radius 3 is 2.88 bits per heavy atom. The highest BCUT2D eigenvalue weighted by atomic mass is 19.1. The Hall–Kier alpha value is -3.48. The molecule has 0 saturated carbocycles. The minimum absolute atomic E-state index is 0.189. The molecule has 0 aliphatic rings. The first-order chi connectivity index (χ1) is 11.7. The fourth-order valence-corrected chi connectivity index (χ4v) is 2.39. The minimum Gasteiger partial charge on any atom is -0.459 e. The van der Waals surface area contributed by atoms with Crippen LogP contribution in [0.3, 0.4) is 0 Å². The lowest BCUT2D eigenvalue weighted by molar-refractivity contribution is 0.0996. The smallest absolute Gasteiger partial charge is 0.292 e. The molecule has 0 saturated heterocycles. The summed E-state index contributed by atoms with van der Waals surface area (Å²) < 4.78 is 18.5. The largest absolute Gasteiger partial charge is 0.459 e. The average molecular weight is 322 g/mol. The van der Waals surface area contributed by atoms with Gasteiger partial charge < -0.3 is 9.73 Å². The van der Waals surface area contributed by atoms with Crippen LogP contribution in [0.15, 0.2) is 59.2 Å². The van der Waals surface area contributed by atoms with Crippen LogP contribution in [0.4, 0.5) is 10.2 Å². The van der Waals surface area contributed by atoms with Crippen molar-refractivity contribution in [1.82, 2.24) is 15.2 Å². The molecule has 0 fully saturated rings. The van der Waals surface area contributed by atoms with Gasteiger partial charge in [0.05, 0.1) is 11.8 Å². The zero-order valence-electron chi connectivity index (χ0n) is 12.3. The van der Waals surface area contributed by atoms with Crippen LogP contribution in [0.25, 0.3) is 22.3 Å². The second kappa shape index (κ2) is 5.62. The highest BCUT2D eigenvalue weighted by molar-refractivity contribution is 6.02. The van der Waals surface area contributed by atoms with E-state index in [2.05, 4.69) is 20.5 Å². The molecule has 0 spiro atoms. The number of carbonyl (C=O) groups is 1. The van der Waals surface area contributed by atoms with E-state index in [1.165, 1.54) is 18.4 Å². The van der Waals surface area contributed by atoms with E-state index >= 15 is 0 Å². The third-order valence-corrected chi connectivity index (χ3v) is 3.49. The number of benzene rings is 1. The molecule has 0 unspecified atom stereocenters. The topological polar surface area (TPSA) is 83.8 Å². The van der Waals surface area contributed by atoms with Crippen LogP contribution in [0.2, 0.25) is 0 Å². The first-order valence-electron chi connectivity index (χ1n) is 7.16. The molecular formula is C17H11FN4O2. The van der Waals surface area contributed by atoms with Gasteiger partial charge in [-0.2, -0.15) is 5.10 Å². The van der Waals surface area contributed by atoms with Gasteiger partial charge in [0.15, 0.2) is 5.76 Å². The zero-order chi connectivity index (χ0) is 16.5. The van der Waals surface area contributed by atoms with E-state index in [-0.39, 0.29) is 11.6 Å². The van der Waals surface area contributed by atoms with Crippen LogP contribution in [-0.4, -0.2) is 21.1 Å². The molecule has 0 aliphatic carbocycles. The summed E-state index contributed by atoms with van der Waals surface area (Å²) in [5.74, 6) is -0.217. The number of nitrogens with one attached hydrogen (secondary N) is 2. The van der Waals surface area contributed by atoms with Crippen LogP contribution in [0, 0.1) is 5.82 Å². The summed E-state index contributed by atoms with van der Waals surface area (Å²) in [4.78, 5) is 16.4. The van der Waals surface area contributed by atoms with E-state index in [9.17, 15) is 9.18 Å². The average Bonchev–Trinajstić information content (AvgIpc) is 3.24. The van der Waals surface area contributed by atoms with Gasteiger partial charge in [-0.1, -0.05) is 12.1 Å². The monoisotopic (exact) mass is 322 g/mol. The minimum atomic E-state index is -0.400. The maximum atomic E-state index is 13.4. The Kier molecular flexibility index (Phi) is 3.31. The van der Waals surface area contributed by atoms with Crippen molar-refractivity contribution >= 4 is 22.8 Å². The van der Waals surface area contributed by atoms with Crippen molar-refractivity contribution in [1.29, 1.82) is 0 Å². The number of halogens is 1. The number of aromatic amines is 1. The molecule has 0 atom stereocenters. The van der Waals surface area contributed by atoms with Gasteiger partial charge in [0, 0.05) is 5.56 Å². The van der Waals surface area contributed by atoms with Crippen LogP contribution in [0.5, 0.6) is 0 Å². The highest BCUT2D eigenvalue weighted by Crippen LogP contribution is 2.26. The third kappa shape index (κ3) is 2.52. The fourth-order valence-electron chi connectivity index (χ4n) is 2.39.